The van der Waals surface area contributed by atoms with Crippen LogP contribution in [-0.2, 0) is 16.1 Å². The second kappa shape index (κ2) is 5.25. The molecule has 1 atom stereocenters. The lowest BCUT2D eigenvalue weighted by Crippen LogP contribution is -2.57. The molecule has 1 aromatic carbocycles. The lowest BCUT2D eigenvalue weighted by molar-refractivity contribution is -0.146. The van der Waals surface area contributed by atoms with Crippen LogP contribution in [0.25, 0.3) is 10.1 Å². The van der Waals surface area contributed by atoms with Crippen molar-refractivity contribution in [2.24, 2.45) is 0 Å². The zero-order valence-corrected chi connectivity index (χ0v) is 12.1. The molecule has 0 radical (unpaired) electrons. The SMILES string of the molecule is CCC1C(=O)NCC(=O)N1Cc1csc2ccccc12. The Hall–Kier alpha value is -1.88. The summed E-state index contributed by atoms with van der Waals surface area (Å²) in [5, 5.41) is 5.90. The number of nitrogens with zero attached hydrogens (tertiary/aromatic N) is 1. The van der Waals surface area contributed by atoms with E-state index in [1.54, 1.807) is 16.2 Å². The fourth-order valence-electron chi connectivity index (χ4n) is 2.64. The number of benzene rings is 1. The van der Waals surface area contributed by atoms with E-state index < -0.39 is 0 Å². The number of carbonyl (C=O) groups excluding carboxylic acids is 2. The van der Waals surface area contributed by atoms with E-state index in [9.17, 15) is 9.59 Å². The van der Waals surface area contributed by atoms with Crippen molar-refractivity contribution in [2.75, 3.05) is 6.54 Å². The Morgan fingerprint density at radius 2 is 2.15 bits per heavy atom. The number of hydrogen-bond donors (Lipinski definition) is 1. The molecule has 1 aliphatic rings. The van der Waals surface area contributed by atoms with Gasteiger partial charge in [-0.15, -0.1) is 11.3 Å². The first-order valence-electron chi connectivity index (χ1n) is 6.73. The van der Waals surface area contributed by atoms with E-state index in [4.69, 9.17) is 0 Å². The third-order valence-electron chi connectivity index (χ3n) is 3.70. The second-order valence-electron chi connectivity index (χ2n) is 4.92. The Bertz CT molecular complexity index is 665. The molecule has 1 aliphatic heterocycles. The molecule has 1 saturated heterocycles. The lowest BCUT2D eigenvalue weighted by Gasteiger charge is -2.34. The average molecular weight is 288 g/mol. The van der Waals surface area contributed by atoms with Crippen molar-refractivity contribution in [3.63, 3.8) is 0 Å². The summed E-state index contributed by atoms with van der Waals surface area (Å²) in [7, 11) is 0. The van der Waals surface area contributed by atoms with Crippen LogP contribution >= 0.6 is 11.3 Å². The van der Waals surface area contributed by atoms with Gasteiger partial charge in [-0.3, -0.25) is 9.59 Å². The molecular formula is C15H16N2O2S. The monoisotopic (exact) mass is 288 g/mol. The molecular weight excluding hydrogens is 272 g/mol. The van der Waals surface area contributed by atoms with Crippen LogP contribution in [0.15, 0.2) is 29.6 Å². The molecule has 0 aliphatic carbocycles. The topological polar surface area (TPSA) is 49.4 Å². The van der Waals surface area contributed by atoms with E-state index in [1.165, 1.54) is 10.1 Å². The van der Waals surface area contributed by atoms with Crippen LogP contribution in [0.2, 0.25) is 0 Å². The first-order chi connectivity index (χ1) is 9.70. The van der Waals surface area contributed by atoms with Gasteiger partial charge in [-0.2, -0.15) is 0 Å². The van der Waals surface area contributed by atoms with Gasteiger partial charge in [-0.25, -0.2) is 0 Å². The Morgan fingerprint density at radius 1 is 1.35 bits per heavy atom. The van der Waals surface area contributed by atoms with Crippen molar-refractivity contribution >= 4 is 33.2 Å². The third kappa shape index (κ3) is 2.18. The van der Waals surface area contributed by atoms with Crippen LogP contribution in [0.5, 0.6) is 0 Å². The summed E-state index contributed by atoms with van der Waals surface area (Å²) < 4.78 is 1.21. The molecule has 3 rings (SSSR count). The van der Waals surface area contributed by atoms with Crippen molar-refractivity contribution in [1.29, 1.82) is 0 Å². The van der Waals surface area contributed by atoms with Crippen molar-refractivity contribution in [1.82, 2.24) is 10.2 Å². The summed E-state index contributed by atoms with van der Waals surface area (Å²) in [6.07, 6.45) is 0.639. The summed E-state index contributed by atoms with van der Waals surface area (Å²) >= 11 is 1.67. The zero-order valence-electron chi connectivity index (χ0n) is 11.3. The molecule has 2 amide bonds. The molecule has 5 heteroatoms. The smallest absolute Gasteiger partial charge is 0.243 e. The van der Waals surface area contributed by atoms with Gasteiger partial charge < -0.3 is 10.2 Å². The van der Waals surface area contributed by atoms with Crippen LogP contribution in [0.3, 0.4) is 0 Å². The van der Waals surface area contributed by atoms with E-state index in [2.05, 4.69) is 22.8 Å². The van der Waals surface area contributed by atoms with Crippen LogP contribution in [0.4, 0.5) is 0 Å². The third-order valence-corrected chi connectivity index (χ3v) is 4.71. The minimum Gasteiger partial charge on any atom is -0.345 e. The molecule has 1 unspecified atom stereocenters. The predicted octanol–water partition coefficient (Wildman–Crippen LogP) is 2.14. The highest BCUT2D eigenvalue weighted by Crippen LogP contribution is 2.27. The number of fused-ring (bicyclic) bond motifs is 1. The van der Waals surface area contributed by atoms with Gasteiger partial charge in [-0.05, 0) is 28.8 Å². The Labute approximate surface area is 121 Å². The van der Waals surface area contributed by atoms with Crippen LogP contribution in [-0.4, -0.2) is 29.3 Å². The van der Waals surface area contributed by atoms with Gasteiger partial charge in [0.15, 0.2) is 0 Å². The highest BCUT2D eigenvalue weighted by atomic mass is 32.1. The molecule has 1 fully saturated rings. The highest BCUT2D eigenvalue weighted by molar-refractivity contribution is 7.17. The molecule has 0 bridgehead atoms. The van der Waals surface area contributed by atoms with E-state index in [0.717, 1.165) is 5.56 Å². The maximum absolute atomic E-state index is 12.1. The van der Waals surface area contributed by atoms with Gasteiger partial charge in [0, 0.05) is 11.2 Å². The van der Waals surface area contributed by atoms with E-state index in [0.29, 0.717) is 13.0 Å². The predicted molar refractivity (Wildman–Crippen MR) is 79.5 cm³/mol. The van der Waals surface area contributed by atoms with Gasteiger partial charge in [0.1, 0.15) is 6.04 Å². The number of piperazine rings is 1. The van der Waals surface area contributed by atoms with Crippen molar-refractivity contribution in [3.8, 4) is 0 Å². The standard InChI is InChI=1S/C15H16N2O2S/c1-2-12-15(19)16-7-14(18)17(12)8-10-9-20-13-6-4-3-5-11(10)13/h3-6,9,12H,2,7-8H2,1H3,(H,16,19). The molecule has 2 heterocycles. The first kappa shape index (κ1) is 13.1. The molecule has 0 saturated carbocycles. The first-order valence-corrected chi connectivity index (χ1v) is 7.61. The Morgan fingerprint density at radius 3 is 2.95 bits per heavy atom. The maximum Gasteiger partial charge on any atom is 0.243 e. The van der Waals surface area contributed by atoms with Crippen LogP contribution in [0, 0.1) is 0 Å². The normalized spacial score (nSPS) is 19.4. The number of amides is 2. The van der Waals surface area contributed by atoms with Gasteiger partial charge >= 0.3 is 0 Å². The minimum absolute atomic E-state index is 0.00766. The summed E-state index contributed by atoms with van der Waals surface area (Å²) in [5.74, 6) is -0.0571. The summed E-state index contributed by atoms with van der Waals surface area (Å²) in [5.41, 5.74) is 1.12. The number of nitrogens with one attached hydrogen (secondary N) is 1. The number of carbonyl (C=O) groups is 2. The van der Waals surface area contributed by atoms with Crippen LogP contribution < -0.4 is 5.32 Å². The summed E-state index contributed by atoms with van der Waals surface area (Å²) in [4.78, 5) is 25.7. The molecule has 1 aromatic heterocycles. The summed E-state index contributed by atoms with van der Waals surface area (Å²) in [6, 6.07) is 7.80. The minimum atomic E-state index is -0.352. The van der Waals surface area contributed by atoms with Gasteiger partial charge in [-0.1, -0.05) is 25.1 Å². The number of hydrogen-bond acceptors (Lipinski definition) is 3. The Balaban J connectivity index is 1.92. The van der Waals surface area contributed by atoms with Crippen molar-refractivity contribution in [2.45, 2.75) is 25.9 Å². The van der Waals surface area contributed by atoms with Crippen LogP contribution in [0.1, 0.15) is 18.9 Å². The highest BCUT2D eigenvalue weighted by Gasteiger charge is 2.33. The van der Waals surface area contributed by atoms with E-state index in [-0.39, 0.29) is 24.4 Å². The molecule has 0 spiro atoms. The summed E-state index contributed by atoms with van der Waals surface area (Å²) in [6.45, 7) is 2.55. The average Bonchev–Trinajstić information content (AvgIpc) is 2.87. The van der Waals surface area contributed by atoms with Crippen molar-refractivity contribution in [3.05, 3.63) is 35.2 Å². The number of thiophene rings is 1. The van der Waals surface area contributed by atoms with Gasteiger partial charge in [0.05, 0.1) is 6.54 Å². The van der Waals surface area contributed by atoms with Crippen molar-refractivity contribution < 1.29 is 9.59 Å². The molecule has 4 nitrogen and oxygen atoms in total. The zero-order chi connectivity index (χ0) is 14.1. The quantitative estimate of drug-likeness (QED) is 0.940. The fraction of sp³-hybridized carbons (Fsp3) is 0.333. The van der Waals surface area contributed by atoms with E-state index in [1.807, 2.05) is 19.1 Å². The molecule has 1 N–H and O–H groups in total. The molecule has 20 heavy (non-hydrogen) atoms. The molecule has 2 aromatic rings. The largest absolute Gasteiger partial charge is 0.345 e. The molecule has 104 valence electrons. The number of rotatable bonds is 3. The maximum atomic E-state index is 12.1. The fourth-order valence-corrected chi connectivity index (χ4v) is 3.59. The lowest BCUT2D eigenvalue weighted by atomic mass is 10.1. The van der Waals surface area contributed by atoms with Gasteiger partial charge in [0.2, 0.25) is 11.8 Å². The second-order valence-corrected chi connectivity index (χ2v) is 5.83. The Kier molecular flexibility index (Phi) is 3.44. The van der Waals surface area contributed by atoms with E-state index >= 15 is 0 Å². The van der Waals surface area contributed by atoms with Gasteiger partial charge in [0.25, 0.3) is 0 Å².